The lowest BCUT2D eigenvalue weighted by Crippen LogP contribution is -2.16. The number of hydrogen-bond donors (Lipinski definition) is 1. The molecule has 1 unspecified atom stereocenters. The fourth-order valence-corrected chi connectivity index (χ4v) is 3.42. The highest BCUT2D eigenvalue weighted by Gasteiger charge is 2.23. The molecule has 0 radical (unpaired) electrons. The molecule has 2 N–H and O–H groups in total. The zero-order valence-electron chi connectivity index (χ0n) is 9.62. The van der Waals surface area contributed by atoms with Crippen molar-refractivity contribution < 1.29 is 8.78 Å². The van der Waals surface area contributed by atoms with Crippen LogP contribution in [-0.4, -0.2) is 4.98 Å². The summed E-state index contributed by atoms with van der Waals surface area (Å²) in [7, 11) is 0. The zero-order valence-corrected chi connectivity index (χ0v) is 10.4. The van der Waals surface area contributed by atoms with Gasteiger partial charge in [0.15, 0.2) is 0 Å². The van der Waals surface area contributed by atoms with E-state index in [1.807, 2.05) is 0 Å². The molecule has 18 heavy (non-hydrogen) atoms. The first-order chi connectivity index (χ1) is 8.65. The van der Waals surface area contributed by atoms with Crippen molar-refractivity contribution in [2.45, 2.75) is 25.3 Å². The van der Waals surface area contributed by atoms with Gasteiger partial charge in [0, 0.05) is 16.5 Å². The minimum atomic E-state index is -0.455. The van der Waals surface area contributed by atoms with E-state index in [1.165, 1.54) is 17.4 Å². The number of aromatic nitrogens is 1. The van der Waals surface area contributed by atoms with Crippen LogP contribution in [-0.2, 0) is 6.42 Å². The van der Waals surface area contributed by atoms with Crippen molar-refractivity contribution in [1.82, 2.24) is 4.98 Å². The van der Waals surface area contributed by atoms with E-state index in [0.717, 1.165) is 42.0 Å². The van der Waals surface area contributed by atoms with Gasteiger partial charge in [-0.25, -0.2) is 13.8 Å². The van der Waals surface area contributed by atoms with E-state index in [0.29, 0.717) is 5.01 Å². The summed E-state index contributed by atoms with van der Waals surface area (Å²) in [6.45, 7) is 0. The number of rotatable bonds is 1. The summed E-state index contributed by atoms with van der Waals surface area (Å²) in [6, 6.07) is 3.35. The van der Waals surface area contributed by atoms with Gasteiger partial charge in [0.05, 0.1) is 5.69 Å². The number of nitrogens with zero attached hydrogens (tertiary/aromatic N) is 1. The lowest BCUT2D eigenvalue weighted by molar-refractivity contribution is 0.563. The van der Waals surface area contributed by atoms with Gasteiger partial charge in [-0.1, -0.05) is 0 Å². The average Bonchev–Trinajstić information content (AvgIpc) is 2.77. The standard InChI is InChI=1S/C13H12F2N2S/c14-7-4-5-9(15)8(6-7)13-17-12-10(16)2-1-3-11(12)18-13/h4-6,10H,1-3,16H2. The van der Waals surface area contributed by atoms with Crippen LogP contribution in [0.1, 0.15) is 29.5 Å². The Balaban J connectivity index is 2.10. The van der Waals surface area contributed by atoms with E-state index >= 15 is 0 Å². The monoisotopic (exact) mass is 266 g/mol. The van der Waals surface area contributed by atoms with Crippen molar-refractivity contribution in [3.63, 3.8) is 0 Å². The molecule has 1 aromatic carbocycles. The van der Waals surface area contributed by atoms with Crippen molar-refractivity contribution in [3.8, 4) is 10.6 Å². The molecular weight excluding hydrogens is 254 g/mol. The molecule has 1 aliphatic carbocycles. The lowest BCUT2D eigenvalue weighted by atomic mass is 9.99. The van der Waals surface area contributed by atoms with Crippen molar-refractivity contribution in [1.29, 1.82) is 0 Å². The van der Waals surface area contributed by atoms with Gasteiger partial charge >= 0.3 is 0 Å². The third-order valence-corrected chi connectivity index (χ3v) is 4.32. The molecule has 0 saturated carbocycles. The number of fused-ring (bicyclic) bond motifs is 1. The first kappa shape index (κ1) is 11.7. The Kier molecular flexibility index (Phi) is 2.87. The molecule has 0 saturated heterocycles. The largest absolute Gasteiger partial charge is 0.323 e. The van der Waals surface area contributed by atoms with Gasteiger partial charge in [0.25, 0.3) is 0 Å². The lowest BCUT2D eigenvalue weighted by Gasteiger charge is -2.15. The molecule has 3 rings (SSSR count). The maximum atomic E-state index is 13.7. The van der Waals surface area contributed by atoms with Gasteiger partial charge in [-0.2, -0.15) is 0 Å². The second kappa shape index (κ2) is 4.40. The predicted molar refractivity (Wildman–Crippen MR) is 67.3 cm³/mol. The summed E-state index contributed by atoms with van der Waals surface area (Å²) in [5.74, 6) is -0.903. The summed E-state index contributed by atoms with van der Waals surface area (Å²) < 4.78 is 26.9. The van der Waals surface area contributed by atoms with Crippen molar-refractivity contribution in [3.05, 3.63) is 40.4 Å². The first-order valence-corrected chi connectivity index (χ1v) is 6.67. The zero-order chi connectivity index (χ0) is 12.7. The summed E-state index contributed by atoms with van der Waals surface area (Å²) in [5, 5.41) is 0.523. The summed E-state index contributed by atoms with van der Waals surface area (Å²) in [6.07, 6.45) is 2.86. The molecule has 0 spiro atoms. The Labute approximate surface area is 107 Å². The normalized spacial score (nSPS) is 18.7. The summed E-state index contributed by atoms with van der Waals surface area (Å²) in [4.78, 5) is 5.49. The van der Waals surface area contributed by atoms with Crippen LogP contribution in [0.25, 0.3) is 10.6 Å². The Morgan fingerprint density at radius 3 is 2.94 bits per heavy atom. The van der Waals surface area contributed by atoms with E-state index in [1.54, 1.807) is 0 Å². The maximum Gasteiger partial charge on any atom is 0.133 e. The molecule has 0 amide bonds. The van der Waals surface area contributed by atoms with Crippen molar-refractivity contribution in [2.24, 2.45) is 5.73 Å². The summed E-state index contributed by atoms with van der Waals surface area (Å²) in [5.41, 5.74) is 7.06. The van der Waals surface area contributed by atoms with Crippen LogP contribution >= 0.6 is 11.3 Å². The van der Waals surface area contributed by atoms with E-state index in [2.05, 4.69) is 4.98 Å². The number of hydrogen-bond acceptors (Lipinski definition) is 3. The highest BCUT2D eigenvalue weighted by Crippen LogP contribution is 2.36. The third kappa shape index (κ3) is 1.93. The minimum Gasteiger partial charge on any atom is -0.323 e. The predicted octanol–water partition coefficient (Wildman–Crippen LogP) is 3.42. The molecular formula is C13H12F2N2S. The Morgan fingerprint density at radius 2 is 2.17 bits per heavy atom. The van der Waals surface area contributed by atoms with Gasteiger partial charge < -0.3 is 5.73 Å². The van der Waals surface area contributed by atoms with Crippen molar-refractivity contribution >= 4 is 11.3 Å². The smallest absolute Gasteiger partial charge is 0.133 e. The maximum absolute atomic E-state index is 13.7. The summed E-state index contributed by atoms with van der Waals surface area (Å²) >= 11 is 1.42. The van der Waals surface area contributed by atoms with Crippen molar-refractivity contribution in [2.75, 3.05) is 0 Å². The van der Waals surface area contributed by atoms with Crippen LogP contribution < -0.4 is 5.73 Å². The molecule has 1 aliphatic rings. The van der Waals surface area contributed by atoms with E-state index in [-0.39, 0.29) is 11.6 Å². The van der Waals surface area contributed by atoms with Crippen LogP contribution in [0.5, 0.6) is 0 Å². The fourth-order valence-electron chi connectivity index (χ4n) is 2.23. The first-order valence-electron chi connectivity index (χ1n) is 5.86. The number of nitrogens with two attached hydrogens (primary N) is 1. The number of halogens is 2. The molecule has 1 atom stereocenters. The molecule has 5 heteroatoms. The Hall–Kier alpha value is -1.33. The number of benzene rings is 1. The number of thiazole rings is 1. The van der Waals surface area contributed by atoms with Gasteiger partial charge in [-0.15, -0.1) is 11.3 Å². The SMILES string of the molecule is NC1CCCc2sc(-c3cc(F)ccc3F)nc21. The van der Waals surface area contributed by atoms with Crippen LogP contribution in [0.4, 0.5) is 8.78 Å². The van der Waals surface area contributed by atoms with Gasteiger partial charge in [0.2, 0.25) is 0 Å². The quantitative estimate of drug-likeness (QED) is 0.859. The molecule has 0 bridgehead atoms. The minimum absolute atomic E-state index is 0.0737. The van der Waals surface area contributed by atoms with Crippen LogP contribution in [0.2, 0.25) is 0 Å². The topological polar surface area (TPSA) is 38.9 Å². The highest BCUT2D eigenvalue weighted by molar-refractivity contribution is 7.15. The average molecular weight is 266 g/mol. The molecule has 1 heterocycles. The van der Waals surface area contributed by atoms with E-state index in [4.69, 9.17) is 5.73 Å². The van der Waals surface area contributed by atoms with Crippen LogP contribution in [0.3, 0.4) is 0 Å². The second-order valence-electron chi connectivity index (χ2n) is 4.45. The fraction of sp³-hybridized carbons (Fsp3) is 0.308. The third-order valence-electron chi connectivity index (χ3n) is 3.16. The van der Waals surface area contributed by atoms with E-state index < -0.39 is 11.6 Å². The van der Waals surface area contributed by atoms with Crippen LogP contribution in [0, 0.1) is 11.6 Å². The molecule has 2 nitrogen and oxygen atoms in total. The van der Waals surface area contributed by atoms with Gasteiger partial charge in [0.1, 0.15) is 16.6 Å². The van der Waals surface area contributed by atoms with E-state index in [9.17, 15) is 8.78 Å². The Bertz CT molecular complexity index is 595. The molecule has 1 aromatic heterocycles. The second-order valence-corrected chi connectivity index (χ2v) is 5.53. The molecule has 2 aromatic rings. The molecule has 0 fully saturated rings. The molecule has 94 valence electrons. The highest BCUT2D eigenvalue weighted by atomic mass is 32.1. The Morgan fingerprint density at radius 1 is 1.33 bits per heavy atom. The van der Waals surface area contributed by atoms with Gasteiger partial charge in [-0.05, 0) is 37.5 Å². The number of aryl methyl sites for hydroxylation is 1. The van der Waals surface area contributed by atoms with Gasteiger partial charge in [-0.3, -0.25) is 0 Å². The van der Waals surface area contributed by atoms with Crippen LogP contribution in [0.15, 0.2) is 18.2 Å². The molecule has 0 aliphatic heterocycles.